The van der Waals surface area contributed by atoms with Gasteiger partial charge in [-0.2, -0.15) is 0 Å². The summed E-state index contributed by atoms with van der Waals surface area (Å²) in [6, 6.07) is 13.4. The van der Waals surface area contributed by atoms with Gasteiger partial charge in [-0.05, 0) is 56.2 Å². The minimum absolute atomic E-state index is 0.0583. The number of thiazole rings is 1. The number of carbonyl (C=O) groups excluding carboxylic acids is 1. The first-order valence-corrected chi connectivity index (χ1v) is 13.4. The number of nitrogens with zero attached hydrogens (tertiary/aromatic N) is 3. The number of ether oxygens (including phenoxy) is 3. The van der Waals surface area contributed by atoms with Crippen molar-refractivity contribution in [2.24, 2.45) is 0 Å². The summed E-state index contributed by atoms with van der Waals surface area (Å²) >= 11 is 1.52. The average molecular weight is 498 g/mol. The SMILES string of the molecule is CCCCOc1cccc(C(=O)N(CCCN2CCOCC2)c2nc3ccc(OCC)cc3s2)c1. The third-order valence-electron chi connectivity index (χ3n) is 5.94. The van der Waals surface area contributed by atoms with Crippen molar-refractivity contribution in [2.75, 3.05) is 57.5 Å². The lowest BCUT2D eigenvalue weighted by Gasteiger charge is -2.27. The van der Waals surface area contributed by atoms with Crippen molar-refractivity contribution in [3.05, 3.63) is 48.0 Å². The van der Waals surface area contributed by atoms with Gasteiger partial charge in [-0.15, -0.1) is 0 Å². The van der Waals surface area contributed by atoms with Crippen molar-refractivity contribution in [3.8, 4) is 11.5 Å². The number of anilines is 1. The van der Waals surface area contributed by atoms with Crippen LogP contribution in [0.4, 0.5) is 5.13 Å². The maximum Gasteiger partial charge on any atom is 0.260 e. The predicted octanol–water partition coefficient (Wildman–Crippen LogP) is 5.24. The van der Waals surface area contributed by atoms with Crippen molar-refractivity contribution >= 4 is 32.6 Å². The van der Waals surface area contributed by atoms with Crippen LogP contribution >= 0.6 is 11.3 Å². The van der Waals surface area contributed by atoms with E-state index in [9.17, 15) is 4.79 Å². The van der Waals surface area contributed by atoms with Crippen LogP contribution in [0.5, 0.6) is 11.5 Å². The van der Waals surface area contributed by atoms with Gasteiger partial charge in [0, 0.05) is 31.7 Å². The molecule has 2 heterocycles. The van der Waals surface area contributed by atoms with Gasteiger partial charge >= 0.3 is 0 Å². The fourth-order valence-corrected chi connectivity index (χ4v) is 5.05. The molecule has 1 fully saturated rings. The van der Waals surface area contributed by atoms with Crippen molar-refractivity contribution in [1.82, 2.24) is 9.88 Å². The molecule has 0 bridgehead atoms. The zero-order chi connectivity index (χ0) is 24.5. The first-order valence-electron chi connectivity index (χ1n) is 12.6. The number of hydrogen-bond acceptors (Lipinski definition) is 7. The Hall–Kier alpha value is -2.68. The Kier molecular flexibility index (Phi) is 9.34. The van der Waals surface area contributed by atoms with Crippen molar-refractivity contribution in [3.63, 3.8) is 0 Å². The van der Waals surface area contributed by atoms with Gasteiger partial charge in [0.25, 0.3) is 5.91 Å². The molecule has 1 aromatic heterocycles. The average Bonchev–Trinajstić information content (AvgIpc) is 3.30. The lowest BCUT2D eigenvalue weighted by molar-refractivity contribution is 0.0376. The van der Waals surface area contributed by atoms with E-state index in [0.29, 0.717) is 30.5 Å². The number of unbranched alkanes of at least 4 members (excludes halogenated alkanes) is 1. The maximum atomic E-state index is 13.7. The van der Waals surface area contributed by atoms with E-state index in [1.54, 1.807) is 0 Å². The van der Waals surface area contributed by atoms with Gasteiger partial charge in [-0.1, -0.05) is 30.7 Å². The van der Waals surface area contributed by atoms with E-state index in [1.165, 1.54) is 11.3 Å². The van der Waals surface area contributed by atoms with Gasteiger partial charge in [0.1, 0.15) is 11.5 Å². The zero-order valence-corrected chi connectivity index (χ0v) is 21.5. The Morgan fingerprint density at radius 3 is 2.71 bits per heavy atom. The minimum atomic E-state index is -0.0583. The summed E-state index contributed by atoms with van der Waals surface area (Å²) in [4.78, 5) is 22.8. The Morgan fingerprint density at radius 1 is 1.09 bits per heavy atom. The number of aromatic nitrogens is 1. The lowest BCUT2D eigenvalue weighted by atomic mass is 10.2. The van der Waals surface area contributed by atoms with Gasteiger partial charge in [0.2, 0.25) is 0 Å². The van der Waals surface area contributed by atoms with E-state index in [-0.39, 0.29) is 5.91 Å². The van der Waals surface area contributed by atoms with Crippen molar-refractivity contribution in [2.45, 2.75) is 33.1 Å². The molecule has 35 heavy (non-hydrogen) atoms. The van der Waals surface area contributed by atoms with Crippen LogP contribution in [0.25, 0.3) is 10.2 Å². The highest BCUT2D eigenvalue weighted by molar-refractivity contribution is 7.22. The zero-order valence-electron chi connectivity index (χ0n) is 20.7. The highest BCUT2D eigenvalue weighted by atomic mass is 32.1. The highest BCUT2D eigenvalue weighted by Gasteiger charge is 2.22. The summed E-state index contributed by atoms with van der Waals surface area (Å²) in [6.45, 7) is 10.3. The van der Waals surface area contributed by atoms with E-state index in [2.05, 4.69) is 11.8 Å². The van der Waals surface area contributed by atoms with Crippen LogP contribution in [0.3, 0.4) is 0 Å². The second kappa shape index (κ2) is 12.9. The standard InChI is InChI=1S/C27H35N3O4S/c1-3-5-16-34-22-9-6-8-21(19-22)26(31)30(13-7-12-29-14-17-32-18-15-29)27-28-24-11-10-23(33-4-2)20-25(24)35-27/h6,8-11,19-20H,3-5,7,12-18H2,1-2H3. The second-order valence-electron chi connectivity index (χ2n) is 8.55. The fraction of sp³-hybridized carbons (Fsp3) is 0.481. The van der Waals surface area contributed by atoms with Crippen LogP contribution in [0.1, 0.15) is 43.5 Å². The Bertz CT molecular complexity index is 1100. The molecule has 0 radical (unpaired) electrons. The van der Waals surface area contributed by atoms with Crippen LogP contribution in [-0.2, 0) is 4.74 Å². The molecule has 188 valence electrons. The Morgan fingerprint density at radius 2 is 1.91 bits per heavy atom. The molecule has 8 heteroatoms. The van der Waals surface area contributed by atoms with Gasteiger partial charge in [0.05, 0.1) is 36.6 Å². The maximum absolute atomic E-state index is 13.7. The largest absolute Gasteiger partial charge is 0.494 e. The topological polar surface area (TPSA) is 64.1 Å². The van der Waals surface area contributed by atoms with E-state index < -0.39 is 0 Å². The molecular weight excluding hydrogens is 462 g/mol. The molecule has 0 aliphatic carbocycles. The summed E-state index contributed by atoms with van der Waals surface area (Å²) in [5.74, 6) is 1.48. The van der Waals surface area contributed by atoms with Gasteiger partial charge in [-0.3, -0.25) is 14.6 Å². The third kappa shape index (κ3) is 6.93. The quantitative estimate of drug-likeness (QED) is 0.319. The van der Waals surface area contributed by atoms with Gasteiger partial charge < -0.3 is 14.2 Å². The molecule has 2 aromatic carbocycles. The molecule has 0 N–H and O–H groups in total. The number of hydrogen-bond donors (Lipinski definition) is 0. The molecule has 1 aliphatic rings. The number of benzene rings is 2. The molecule has 1 amide bonds. The molecule has 1 saturated heterocycles. The fourth-order valence-electron chi connectivity index (χ4n) is 4.04. The van der Waals surface area contributed by atoms with E-state index in [1.807, 2.05) is 54.3 Å². The molecule has 1 aliphatic heterocycles. The number of morpholine rings is 1. The first kappa shape index (κ1) is 25.4. The smallest absolute Gasteiger partial charge is 0.260 e. The van der Waals surface area contributed by atoms with Crippen LogP contribution in [-0.4, -0.2) is 68.4 Å². The molecule has 0 spiro atoms. The summed E-state index contributed by atoms with van der Waals surface area (Å²) in [5.41, 5.74) is 1.48. The van der Waals surface area contributed by atoms with Crippen LogP contribution in [0, 0.1) is 0 Å². The van der Waals surface area contributed by atoms with Crippen LogP contribution in [0.2, 0.25) is 0 Å². The number of carbonyl (C=O) groups is 1. The van der Waals surface area contributed by atoms with E-state index in [0.717, 1.165) is 73.8 Å². The van der Waals surface area contributed by atoms with Gasteiger partial charge in [-0.25, -0.2) is 4.98 Å². The monoisotopic (exact) mass is 497 g/mol. The van der Waals surface area contributed by atoms with E-state index >= 15 is 0 Å². The molecule has 3 aromatic rings. The number of fused-ring (bicyclic) bond motifs is 1. The number of amides is 1. The summed E-state index contributed by atoms with van der Waals surface area (Å²) in [6.07, 6.45) is 2.91. The third-order valence-corrected chi connectivity index (χ3v) is 6.98. The molecule has 7 nitrogen and oxygen atoms in total. The lowest BCUT2D eigenvalue weighted by Crippen LogP contribution is -2.39. The van der Waals surface area contributed by atoms with E-state index in [4.69, 9.17) is 19.2 Å². The van der Waals surface area contributed by atoms with Gasteiger partial charge in [0.15, 0.2) is 5.13 Å². The van der Waals surface area contributed by atoms with Crippen LogP contribution in [0.15, 0.2) is 42.5 Å². The Balaban J connectivity index is 1.55. The normalized spacial score (nSPS) is 14.2. The number of rotatable bonds is 12. The summed E-state index contributed by atoms with van der Waals surface area (Å²) in [5, 5.41) is 0.706. The summed E-state index contributed by atoms with van der Waals surface area (Å²) in [7, 11) is 0. The Labute approximate surface area is 211 Å². The van der Waals surface area contributed by atoms with Crippen molar-refractivity contribution < 1.29 is 19.0 Å². The second-order valence-corrected chi connectivity index (χ2v) is 9.56. The first-order chi connectivity index (χ1) is 17.2. The molecule has 0 unspecified atom stereocenters. The highest BCUT2D eigenvalue weighted by Crippen LogP contribution is 2.32. The summed E-state index contributed by atoms with van der Waals surface area (Å²) < 4.78 is 18.0. The molecule has 0 saturated carbocycles. The predicted molar refractivity (Wildman–Crippen MR) is 141 cm³/mol. The minimum Gasteiger partial charge on any atom is -0.494 e. The molecular formula is C27H35N3O4S. The molecule has 0 atom stereocenters. The van der Waals surface area contributed by atoms with Crippen LogP contribution < -0.4 is 14.4 Å². The molecule has 4 rings (SSSR count). The van der Waals surface area contributed by atoms with Crippen molar-refractivity contribution in [1.29, 1.82) is 0 Å².